The molecule has 1 radical (unpaired) electrons. The average molecular weight is 1280 g/mol. The summed E-state index contributed by atoms with van der Waals surface area (Å²) in [5, 5.41) is 1.44. The molecule has 11 rings (SSSR count). The van der Waals surface area contributed by atoms with Crippen LogP contribution in [0.2, 0.25) is 19.6 Å². The van der Waals surface area contributed by atoms with E-state index in [-0.39, 0.29) is 41.2 Å². The zero-order valence-electron chi connectivity index (χ0n) is 38.8. The van der Waals surface area contributed by atoms with E-state index in [2.05, 4.69) is 194 Å². The zero-order chi connectivity index (χ0) is 45.7. The first kappa shape index (κ1) is 49.2. The summed E-state index contributed by atoms with van der Waals surface area (Å²) in [5.74, 6) is 1.15. The molecule has 0 unspecified atom stereocenters. The molecular weight excluding hydrogens is 1230 g/mol. The van der Waals surface area contributed by atoms with Gasteiger partial charge in [-0.05, 0) is 81.8 Å². The molecule has 5 heterocycles. The van der Waals surface area contributed by atoms with Gasteiger partial charge in [-0.25, -0.2) is 6.07 Å². The average Bonchev–Trinajstić information content (AvgIpc) is 4.05. The fraction of sp³-hybridized carbons (Fsp3) is 0.140. The second-order valence-corrected chi connectivity index (χ2v) is 22.6. The largest absolute Gasteiger partial charge is 0.510 e. The number of nitrogens with zero attached hydrogens (tertiary/aromatic N) is 8. The summed E-state index contributed by atoms with van der Waals surface area (Å²) in [6.07, 6.45) is 5.57. The maximum absolute atomic E-state index is 6.01. The number of rotatable bonds is 12. The summed E-state index contributed by atoms with van der Waals surface area (Å²) in [6.45, 7) is 15.6. The van der Waals surface area contributed by atoms with Gasteiger partial charge in [-0.1, -0.05) is 56.0 Å². The van der Waals surface area contributed by atoms with Crippen molar-refractivity contribution in [3.05, 3.63) is 214 Å². The van der Waals surface area contributed by atoms with Crippen LogP contribution < -0.4 is 39.3 Å². The summed E-state index contributed by atoms with van der Waals surface area (Å²) in [6, 6.07) is 68.1. The third-order valence-corrected chi connectivity index (χ3v) is 13.9. The van der Waals surface area contributed by atoms with Crippen LogP contribution in [-0.4, -0.2) is 38.2 Å². The van der Waals surface area contributed by atoms with Gasteiger partial charge in [0.25, 0.3) is 0 Å². The second kappa shape index (κ2) is 22.0. The third-order valence-electron chi connectivity index (χ3n) is 11.9. The van der Waals surface area contributed by atoms with Crippen LogP contribution in [0, 0.1) is 50.3 Å². The molecule has 0 bridgehead atoms. The molecule has 6 aromatic carbocycles. The van der Waals surface area contributed by atoms with E-state index >= 15 is 0 Å². The Labute approximate surface area is 436 Å². The molecule has 0 atom stereocenters. The van der Waals surface area contributed by atoms with Crippen molar-refractivity contribution < 1.29 is 45.9 Å². The maximum atomic E-state index is 6.01. The number of anilines is 9. The molecular formula is C57H50IrN8OPtSi-8. The molecule has 3 aliphatic rings. The number of unbranched alkanes of at least 4 members (excludes halogenated alkanes) is 1. The minimum absolute atomic E-state index is 0. The predicted octanol–water partition coefficient (Wildman–Crippen LogP) is 12.5. The molecule has 2 aromatic heterocycles. The number of ether oxygens (including phenoxy) is 1. The molecule has 355 valence electrons. The maximum Gasteiger partial charge on any atom is 0.0326 e. The first-order valence-electron chi connectivity index (χ1n) is 22.6. The molecule has 0 N–H and O–H groups in total. The standard InChI is InChI=1S/C33H34N4Si.C24H16N4O.Ir.Pt/c1-38(2,3)29-21-19-28(20-22-29)37-26-35(31-16-8-10-18-33(31)37)24-12-11-23-34-25-36(27-13-5-4-6-14-27)32-17-9-7-15-30(32)34;1-27-17-28(24-11-3-2-10-23(24)27)18-7-6-8-19(15-18)29-20-12-14-26-22(16-20)21-9-4-5-13-25-21;;/h4-10,13,15-19,21-22,25-26H,11-12,23-24H2,1-3H3;2-8,10-14,17H,1H3;;/q2*-4;;. The van der Waals surface area contributed by atoms with Crippen molar-refractivity contribution in [1.82, 2.24) is 9.97 Å². The van der Waals surface area contributed by atoms with Crippen molar-refractivity contribution in [2.75, 3.05) is 49.5 Å². The molecule has 0 spiro atoms. The Bertz CT molecular complexity index is 2940. The fourth-order valence-electron chi connectivity index (χ4n) is 8.44. The Balaban J connectivity index is 0.000000187. The molecule has 3 aliphatic heterocycles. The molecule has 0 saturated heterocycles. The summed E-state index contributed by atoms with van der Waals surface area (Å²) >= 11 is 0. The molecule has 12 heteroatoms. The Kier molecular flexibility index (Phi) is 15.7. The molecule has 9 nitrogen and oxygen atoms in total. The van der Waals surface area contributed by atoms with Crippen molar-refractivity contribution in [1.29, 1.82) is 0 Å². The second-order valence-electron chi connectivity index (χ2n) is 17.5. The van der Waals surface area contributed by atoms with E-state index in [0.29, 0.717) is 22.9 Å². The Morgan fingerprint density at radius 3 is 1.65 bits per heavy atom. The first-order valence-corrected chi connectivity index (χ1v) is 26.1. The van der Waals surface area contributed by atoms with Gasteiger partial charge in [-0.3, -0.25) is 0 Å². The number of pyridine rings is 2. The van der Waals surface area contributed by atoms with E-state index in [9.17, 15) is 0 Å². The van der Waals surface area contributed by atoms with Crippen LogP contribution in [0.1, 0.15) is 12.8 Å². The van der Waals surface area contributed by atoms with Crippen molar-refractivity contribution in [3.63, 3.8) is 0 Å². The van der Waals surface area contributed by atoms with Gasteiger partial charge in [0.1, 0.15) is 0 Å². The van der Waals surface area contributed by atoms with Gasteiger partial charge in [0.05, 0.1) is 0 Å². The van der Waals surface area contributed by atoms with E-state index in [1.807, 2.05) is 62.2 Å². The third kappa shape index (κ3) is 11.0. The van der Waals surface area contributed by atoms with Gasteiger partial charge >= 0.3 is 0 Å². The van der Waals surface area contributed by atoms with Crippen molar-refractivity contribution in [2.45, 2.75) is 32.5 Å². The van der Waals surface area contributed by atoms with Gasteiger partial charge in [0, 0.05) is 94.9 Å². The van der Waals surface area contributed by atoms with Crippen LogP contribution in [0.4, 0.5) is 51.2 Å². The number of fused-ring (bicyclic) bond motifs is 3. The predicted molar refractivity (Wildman–Crippen MR) is 275 cm³/mol. The minimum atomic E-state index is -1.34. The van der Waals surface area contributed by atoms with E-state index in [1.54, 1.807) is 24.5 Å². The van der Waals surface area contributed by atoms with Crippen LogP contribution in [0.15, 0.2) is 164 Å². The van der Waals surface area contributed by atoms with Crippen LogP contribution in [0.3, 0.4) is 0 Å². The zero-order valence-corrected chi connectivity index (χ0v) is 44.5. The van der Waals surface area contributed by atoms with Gasteiger partial charge in [-0.2, -0.15) is 91.9 Å². The molecule has 69 heavy (non-hydrogen) atoms. The number of para-hydroxylation sites is 7. The quantitative estimate of drug-likeness (QED) is 0.0676. The topological polar surface area (TPSA) is 54.5 Å². The number of aromatic nitrogens is 2. The van der Waals surface area contributed by atoms with Gasteiger partial charge in [-0.15, -0.1) is 64.8 Å². The first-order chi connectivity index (χ1) is 32.8. The van der Waals surface area contributed by atoms with Gasteiger partial charge in [0.15, 0.2) is 0 Å². The van der Waals surface area contributed by atoms with Crippen LogP contribution in [0.25, 0.3) is 11.4 Å². The summed E-state index contributed by atoms with van der Waals surface area (Å²) in [5.41, 5.74) is 11.5. The van der Waals surface area contributed by atoms with Crippen LogP contribution in [-0.2, 0) is 41.2 Å². The molecule has 0 amide bonds. The van der Waals surface area contributed by atoms with Crippen LogP contribution in [0.5, 0.6) is 11.5 Å². The Hall–Kier alpha value is -6.23. The Morgan fingerprint density at radius 1 is 0.507 bits per heavy atom. The van der Waals surface area contributed by atoms with Gasteiger partial charge < -0.3 is 44.1 Å². The van der Waals surface area contributed by atoms with Crippen molar-refractivity contribution in [3.8, 4) is 22.9 Å². The number of hydrogen-bond donors (Lipinski definition) is 0. The fourth-order valence-corrected chi connectivity index (χ4v) is 9.52. The smallest absolute Gasteiger partial charge is 0.0326 e. The summed E-state index contributed by atoms with van der Waals surface area (Å²) in [4.78, 5) is 22.0. The molecule has 0 saturated carbocycles. The molecule has 0 fully saturated rings. The monoisotopic (exact) mass is 1280 g/mol. The number of hydrogen-bond acceptors (Lipinski definition) is 9. The molecule has 8 aromatic rings. The van der Waals surface area contributed by atoms with E-state index < -0.39 is 8.07 Å². The SMILES string of the molecule is CN1[CH-]N(c2[c-]c(Oc3[c-]c(-c4[c-]cccn4)ncc3)ccc2)c2ccccc21.C[Si](C)(C)c1c[c-]c(N2[CH-]N(CCCCN3[CH-]N(c4[c-]cccc4)c4ccccc43)c3ccccc32)cc1.[Ir].[Pt]. The van der Waals surface area contributed by atoms with Crippen molar-refractivity contribution in [2.24, 2.45) is 0 Å². The van der Waals surface area contributed by atoms with Crippen LogP contribution >= 0.6 is 0 Å². The minimum Gasteiger partial charge on any atom is -0.510 e. The Morgan fingerprint density at radius 2 is 1.06 bits per heavy atom. The number of benzene rings is 6. The van der Waals surface area contributed by atoms with E-state index in [4.69, 9.17) is 4.74 Å². The van der Waals surface area contributed by atoms with Gasteiger partial charge in [0.2, 0.25) is 0 Å². The summed E-state index contributed by atoms with van der Waals surface area (Å²) < 4.78 is 6.01. The van der Waals surface area contributed by atoms with E-state index in [0.717, 1.165) is 54.4 Å². The van der Waals surface area contributed by atoms with E-state index in [1.165, 1.54) is 27.9 Å². The van der Waals surface area contributed by atoms with Crippen molar-refractivity contribution >= 4 is 64.4 Å². The summed E-state index contributed by atoms with van der Waals surface area (Å²) in [7, 11) is 0.687. The molecule has 0 aliphatic carbocycles. The normalized spacial score (nSPS) is 13.4.